The third-order valence-electron chi connectivity index (χ3n) is 6.07. The molecule has 0 radical (unpaired) electrons. The average Bonchev–Trinajstić information content (AvgIpc) is 2.77. The highest BCUT2D eigenvalue weighted by molar-refractivity contribution is 7.89. The first-order chi connectivity index (χ1) is 14.4. The Morgan fingerprint density at radius 1 is 0.933 bits per heavy atom. The van der Waals surface area contributed by atoms with Gasteiger partial charge in [0.1, 0.15) is 5.82 Å². The van der Waals surface area contributed by atoms with Gasteiger partial charge in [0.25, 0.3) is 0 Å². The van der Waals surface area contributed by atoms with E-state index < -0.39 is 10.0 Å². The Kier molecular flexibility index (Phi) is 6.20. The molecule has 0 bridgehead atoms. The lowest BCUT2D eigenvalue weighted by Crippen LogP contribution is -2.50. The Morgan fingerprint density at radius 3 is 2.40 bits per heavy atom. The van der Waals surface area contributed by atoms with Gasteiger partial charge in [0.2, 0.25) is 15.9 Å². The van der Waals surface area contributed by atoms with Crippen LogP contribution in [-0.2, 0) is 34.1 Å². The number of carbonyl (C=O) groups is 1. The van der Waals surface area contributed by atoms with Gasteiger partial charge in [-0.25, -0.2) is 12.8 Å². The number of piperazine rings is 1. The molecule has 30 heavy (non-hydrogen) atoms. The summed E-state index contributed by atoms with van der Waals surface area (Å²) in [6.07, 6.45) is 4.99. The zero-order valence-corrected chi connectivity index (χ0v) is 17.8. The average molecular weight is 431 g/mol. The molecule has 7 heteroatoms. The van der Waals surface area contributed by atoms with Crippen LogP contribution in [0, 0.1) is 5.82 Å². The lowest BCUT2D eigenvalue weighted by molar-refractivity contribution is -0.132. The second-order valence-electron chi connectivity index (χ2n) is 8.05. The van der Waals surface area contributed by atoms with Gasteiger partial charge in [0.15, 0.2) is 0 Å². The minimum atomic E-state index is -3.55. The Labute approximate surface area is 177 Å². The molecule has 2 aliphatic rings. The fourth-order valence-corrected chi connectivity index (χ4v) is 5.77. The summed E-state index contributed by atoms with van der Waals surface area (Å²) >= 11 is 0. The molecule has 160 valence electrons. The molecule has 5 nitrogen and oxygen atoms in total. The van der Waals surface area contributed by atoms with Crippen molar-refractivity contribution in [3.05, 3.63) is 65.0 Å². The van der Waals surface area contributed by atoms with E-state index in [2.05, 4.69) is 0 Å². The molecule has 2 aromatic rings. The van der Waals surface area contributed by atoms with Crippen molar-refractivity contribution in [2.45, 2.75) is 43.4 Å². The van der Waals surface area contributed by atoms with Crippen LogP contribution in [-0.4, -0.2) is 49.7 Å². The Bertz CT molecular complexity index is 1030. The van der Waals surface area contributed by atoms with Crippen LogP contribution in [0.3, 0.4) is 0 Å². The van der Waals surface area contributed by atoms with E-state index in [1.807, 2.05) is 12.1 Å². The standard InChI is InChI=1S/C23H27FN2O3S/c24-21-7-3-4-18(16-21)8-11-23(27)25-12-14-26(15-13-25)30(28,29)22-10-9-19-5-1-2-6-20(19)17-22/h3-4,7,9-10,16-17H,1-2,5-6,8,11-15H2. The number of sulfonamides is 1. The zero-order chi connectivity index (χ0) is 21.1. The van der Waals surface area contributed by atoms with Crippen molar-refractivity contribution in [3.8, 4) is 0 Å². The molecule has 2 aromatic carbocycles. The van der Waals surface area contributed by atoms with Gasteiger partial charge >= 0.3 is 0 Å². The van der Waals surface area contributed by atoms with Crippen molar-refractivity contribution < 1.29 is 17.6 Å². The van der Waals surface area contributed by atoms with Crippen molar-refractivity contribution in [2.24, 2.45) is 0 Å². The van der Waals surface area contributed by atoms with Gasteiger partial charge in [0.05, 0.1) is 4.90 Å². The minimum Gasteiger partial charge on any atom is -0.340 e. The van der Waals surface area contributed by atoms with E-state index >= 15 is 0 Å². The van der Waals surface area contributed by atoms with Crippen molar-refractivity contribution in [1.82, 2.24) is 9.21 Å². The van der Waals surface area contributed by atoms with Crippen LogP contribution in [0.1, 0.15) is 36.0 Å². The zero-order valence-electron chi connectivity index (χ0n) is 17.0. The van der Waals surface area contributed by atoms with Gasteiger partial charge in [-0.1, -0.05) is 18.2 Å². The van der Waals surface area contributed by atoms with Crippen LogP contribution < -0.4 is 0 Å². The molecule has 4 rings (SSSR count). The smallest absolute Gasteiger partial charge is 0.243 e. The number of halogens is 1. The van der Waals surface area contributed by atoms with Gasteiger partial charge in [-0.2, -0.15) is 4.31 Å². The topological polar surface area (TPSA) is 57.7 Å². The molecule has 0 N–H and O–H groups in total. The van der Waals surface area contributed by atoms with Gasteiger partial charge in [-0.3, -0.25) is 4.79 Å². The van der Waals surface area contributed by atoms with Gasteiger partial charge in [0, 0.05) is 32.6 Å². The molecular formula is C23H27FN2O3S. The Morgan fingerprint density at radius 2 is 1.67 bits per heavy atom. The van der Waals surface area contributed by atoms with Crippen LogP contribution in [0.2, 0.25) is 0 Å². The normalized spacial score (nSPS) is 17.6. The molecule has 1 amide bonds. The molecule has 1 fully saturated rings. The van der Waals surface area contributed by atoms with E-state index in [4.69, 9.17) is 0 Å². The number of amides is 1. The molecule has 1 aliphatic heterocycles. The van der Waals surface area contributed by atoms with E-state index in [0.29, 0.717) is 43.9 Å². The number of benzene rings is 2. The summed E-state index contributed by atoms with van der Waals surface area (Å²) in [4.78, 5) is 14.6. The van der Waals surface area contributed by atoms with E-state index in [9.17, 15) is 17.6 Å². The number of fused-ring (bicyclic) bond motifs is 1. The molecule has 0 aromatic heterocycles. The maximum atomic E-state index is 13.3. The quantitative estimate of drug-likeness (QED) is 0.732. The SMILES string of the molecule is O=C(CCc1cccc(F)c1)N1CCN(S(=O)(=O)c2ccc3c(c2)CCCC3)CC1. The highest BCUT2D eigenvalue weighted by atomic mass is 32.2. The minimum absolute atomic E-state index is 0.0231. The van der Waals surface area contributed by atoms with Crippen molar-refractivity contribution >= 4 is 15.9 Å². The number of hydrogen-bond donors (Lipinski definition) is 0. The molecule has 1 aliphatic carbocycles. The predicted molar refractivity (Wildman–Crippen MR) is 113 cm³/mol. The van der Waals surface area contributed by atoms with E-state index in [-0.39, 0.29) is 11.7 Å². The fraction of sp³-hybridized carbons (Fsp3) is 0.435. The van der Waals surface area contributed by atoms with Gasteiger partial charge < -0.3 is 4.90 Å². The molecule has 0 spiro atoms. The highest BCUT2D eigenvalue weighted by Gasteiger charge is 2.30. The van der Waals surface area contributed by atoms with Crippen molar-refractivity contribution in [3.63, 3.8) is 0 Å². The van der Waals surface area contributed by atoms with Crippen LogP contribution in [0.25, 0.3) is 0 Å². The number of nitrogens with zero attached hydrogens (tertiary/aromatic N) is 2. The third-order valence-corrected chi connectivity index (χ3v) is 7.96. The lowest BCUT2D eigenvalue weighted by Gasteiger charge is -2.34. The van der Waals surface area contributed by atoms with Crippen molar-refractivity contribution in [1.29, 1.82) is 0 Å². The van der Waals surface area contributed by atoms with Crippen LogP contribution in [0.15, 0.2) is 47.4 Å². The summed E-state index contributed by atoms with van der Waals surface area (Å²) in [6.45, 7) is 1.36. The summed E-state index contributed by atoms with van der Waals surface area (Å²) in [5.41, 5.74) is 3.19. The lowest BCUT2D eigenvalue weighted by atomic mass is 9.92. The number of carbonyl (C=O) groups excluding carboxylic acids is 1. The monoisotopic (exact) mass is 430 g/mol. The summed E-state index contributed by atoms with van der Waals surface area (Å²) in [5, 5.41) is 0. The summed E-state index contributed by atoms with van der Waals surface area (Å²) in [7, 11) is -3.55. The third kappa shape index (κ3) is 4.57. The predicted octanol–water partition coefficient (Wildman–Crippen LogP) is 3.17. The van der Waals surface area contributed by atoms with Crippen LogP contribution >= 0.6 is 0 Å². The Hall–Kier alpha value is -2.25. The fourth-order valence-electron chi connectivity index (χ4n) is 4.30. The summed E-state index contributed by atoms with van der Waals surface area (Å²) in [5.74, 6) is -0.328. The molecule has 1 heterocycles. The van der Waals surface area contributed by atoms with Gasteiger partial charge in [-0.15, -0.1) is 0 Å². The van der Waals surface area contributed by atoms with Gasteiger partial charge in [-0.05, 0) is 73.1 Å². The molecular weight excluding hydrogens is 403 g/mol. The molecule has 1 saturated heterocycles. The van der Waals surface area contributed by atoms with E-state index in [1.165, 1.54) is 22.0 Å². The van der Waals surface area contributed by atoms with E-state index in [1.54, 1.807) is 23.1 Å². The second-order valence-corrected chi connectivity index (χ2v) is 9.99. The Balaban J connectivity index is 1.35. The first kappa shape index (κ1) is 21.0. The highest BCUT2D eigenvalue weighted by Crippen LogP contribution is 2.26. The first-order valence-corrected chi connectivity index (χ1v) is 12.0. The maximum absolute atomic E-state index is 13.3. The summed E-state index contributed by atoms with van der Waals surface area (Å²) in [6, 6.07) is 11.8. The van der Waals surface area contributed by atoms with Crippen LogP contribution in [0.4, 0.5) is 4.39 Å². The van der Waals surface area contributed by atoms with Crippen molar-refractivity contribution in [2.75, 3.05) is 26.2 Å². The summed E-state index contributed by atoms with van der Waals surface area (Å²) < 4.78 is 40.9. The second kappa shape index (κ2) is 8.86. The van der Waals surface area contributed by atoms with Crippen LogP contribution in [0.5, 0.6) is 0 Å². The molecule has 0 atom stereocenters. The first-order valence-electron chi connectivity index (χ1n) is 10.6. The number of hydrogen-bond acceptors (Lipinski definition) is 3. The number of aryl methyl sites for hydroxylation is 3. The number of rotatable bonds is 5. The molecule has 0 unspecified atom stereocenters. The van der Waals surface area contributed by atoms with E-state index in [0.717, 1.165) is 36.8 Å². The molecule has 0 saturated carbocycles. The maximum Gasteiger partial charge on any atom is 0.243 e. The largest absolute Gasteiger partial charge is 0.340 e.